The van der Waals surface area contributed by atoms with Crippen molar-refractivity contribution < 1.29 is 4.79 Å². The highest BCUT2D eigenvalue weighted by atomic mass is 32.1. The van der Waals surface area contributed by atoms with Crippen molar-refractivity contribution in [1.82, 2.24) is 5.43 Å². The molecule has 0 unspecified atom stereocenters. The lowest BCUT2D eigenvalue weighted by Gasteiger charge is -2.10. The van der Waals surface area contributed by atoms with Crippen molar-refractivity contribution in [2.75, 3.05) is 5.32 Å². The van der Waals surface area contributed by atoms with Gasteiger partial charge in [0, 0.05) is 22.2 Å². The molecule has 2 N–H and O–H groups in total. The molecule has 0 fully saturated rings. The number of hydrogen-bond donors (Lipinski definition) is 2. The Morgan fingerprint density at radius 1 is 0.963 bits per heavy atom. The van der Waals surface area contributed by atoms with E-state index in [4.69, 9.17) is 12.2 Å². The molecule has 0 amide bonds. The van der Waals surface area contributed by atoms with Crippen LogP contribution in [0.25, 0.3) is 10.8 Å². The molecule has 0 bridgehead atoms. The minimum Gasteiger partial charge on any atom is -0.331 e. The van der Waals surface area contributed by atoms with Gasteiger partial charge in [0.1, 0.15) is 5.71 Å². The van der Waals surface area contributed by atoms with Crippen LogP contribution in [0.15, 0.2) is 65.8 Å². The van der Waals surface area contributed by atoms with E-state index in [0.29, 0.717) is 22.3 Å². The van der Waals surface area contributed by atoms with Gasteiger partial charge in [0.25, 0.3) is 0 Å². The summed E-state index contributed by atoms with van der Waals surface area (Å²) >= 11 is 5.32. The van der Waals surface area contributed by atoms with E-state index < -0.39 is 0 Å². The number of rotatable bonds is 3. The number of carbonyl (C=O) groups is 1. The van der Waals surface area contributed by atoms with Crippen LogP contribution in [0.4, 0.5) is 5.69 Å². The first-order valence-electron chi connectivity index (χ1n) is 8.86. The zero-order valence-corrected chi connectivity index (χ0v) is 15.9. The second kappa shape index (κ2) is 6.93. The van der Waals surface area contributed by atoms with E-state index in [1.165, 1.54) is 5.56 Å². The Balaban J connectivity index is 1.53. The molecule has 1 aliphatic carbocycles. The molecule has 1 aliphatic rings. The van der Waals surface area contributed by atoms with Crippen molar-refractivity contribution in [3.8, 4) is 0 Å². The van der Waals surface area contributed by atoms with Crippen LogP contribution in [-0.2, 0) is 0 Å². The van der Waals surface area contributed by atoms with E-state index in [0.717, 1.165) is 22.0 Å². The maximum Gasteiger partial charge on any atom is 0.214 e. The van der Waals surface area contributed by atoms with E-state index in [9.17, 15) is 4.79 Å². The quantitative estimate of drug-likeness (QED) is 0.509. The summed E-state index contributed by atoms with van der Waals surface area (Å²) in [6.07, 6.45) is 0. The summed E-state index contributed by atoms with van der Waals surface area (Å²) in [5, 5.41) is 9.73. The Hall–Kier alpha value is -3.05. The van der Waals surface area contributed by atoms with Crippen molar-refractivity contribution in [3.63, 3.8) is 0 Å². The monoisotopic (exact) mass is 373 g/mol. The molecule has 0 atom stereocenters. The lowest BCUT2D eigenvalue weighted by Crippen LogP contribution is -2.26. The number of nitrogens with one attached hydrogen (secondary N) is 2. The third-order valence-corrected chi connectivity index (χ3v) is 4.92. The summed E-state index contributed by atoms with van der Waals surface area (Å²) < 4.78 is 0. The van der Waals surface area contributed by atoms with Crippen molar-refractivity contribution in [3.05, 3.63) is 77.4 Å². The van der Waals surface area contributed by atoms with Crippen molar-refractivity contribution in [2.45, 2.75) is 19.8 Å². The second-order valence-electron chi connectivity index (χ2n) is 6.84. The maximum absolute atomic E-state index is 12.7. The summed E-state index contributed by atoms with van der Waals surface area (Å²) in [7, 11) is 0. The van der Waals surface area contributed by atoms with Gasteiger partial charge in [0.2, 0.25) is 5.78 Å². The van der Waals surface area contributed by atoms with Crippen LogP contribution in [-0.4, -0.2) is 16.6 Å². The summed E-state index contributed by atoms with van der Waals surface area (Å²) in [4.78, 5) is 12.7. The van der Waals surface area contributed by atoms with Gasteiger partial charge >= 0.3 is 0 Å². The Labute approximate surface area is 163 Å². The summed E-state index contributed by atoms with van der Waals surface area (Å²) in [5.41, 5.74) is 6.86. The molecule has 0 heterocycles. The third-order valence-electron chi connectivity index (χ3n) is 4.72. The molecule has 4 rings (SSSR count). The molecule has 4 nitrogen and oxygen atoms in total. The molecule has 0 saturated carbocycles. The predicted octanol–water partition coefficient (Wildman–Crippen LogP) is 4.85. The van der Waals surface area contributed by atoms with Crippen LogP contribution in [0.2, 0.25) is 0 Å². The van der Waals surface area contributed by atoms with E-state index in [2.05, 4.69) is 41.8 Å². The molecule has 0 radical (unpaired) electrons. The standard InChI is InChI=1S/C22H19N3OS/c1-13(2)14-9-11-16(12-10-14)23-22(27)25-24-20-17-7-3-5-15-6-4-8-18(19(15)17)21(20)26/h3-13H,1-2H3,(H2,23,25,27)/b24-20+. The molecule has 0 aromatic heterocycles. The Morgan fingerprint density at radius 2 is 1.63 bits per heavy atom. The molecule has 5 heteroatoms. The number of thiocarbonyl (C=S) groups is 1. The second-order valence-corrected chi connectivity index (χ2v) is 7.25. The molecular weight excluding hydrogens is 354 g/mol. The van der Waals surface area contributed by atoms with Gasteiger partial charge in [-0.2, -0.15) is 5.10 Å². The SMILES string of the molecule is CC(C)c1ccc(NC(=S)N/N=C2/C(=O)c3cccc4cccc2c34)cc1. The number of benzene rings is 3. The highest BCUT2D eigenvalue weighted by Crippen LogP contribution is 2.30. The van der Waals surface area contributed by atoms with Gasteiger partial charge in [-0.25, -0.2) is 0 Å². The minimum atomic E-state index is -0.0848. The van der Waals surface area contributed by atoms with E-state index in [-0.39, 0.29) is 5.78 Å². The Bertz CT molecular complexity index is 1080. The van der Waals surface area contributed by atoms with Crippen LogP contribution >= 0.6 is 12.2 Å². The predicted molar refractivity (Wildman–Crippen MR) is 115 cm³/mol. The molecule has 3 aromatic rings. The van der Waals surface area contributed by atoms with Gasteiger partial charge in [0.05, 0.1) is 0 Å². The number of anilines is 1. The number of hydrazone groups is 1. The number of carbonyl (C=O) groups excluding carboxylic acids is 1. The molecule has 27 heavy (non-hydrogen) atoms. The minimum absolute atomic E-state index is 0.0848. The average molecular weight is 373 g/mol. The fourth-order valence-electron chi connectivity index (χ4n) is 3.31. The zero-order valence-electron chi connectivity index (χ0n) is 15.1. The largest absolute Gasteiger partial charge is 0.331 e. The molecule has 0 saturated heterocycles. The molecule has 134 valence electrons. The van der Waals surface area contributed by atoms with Gasteiger partial charge in [-0.1, -0.05) is 62.4 Å². The fourth-order valence-corrected chi connectivity index (χ4v) is 3.47. The molecule has 3 aromatic carbocycles. The van der Waals surface area contributed by atoms with Gasteiger partial charge in [-0.05, 0) is 41.2 Å². The van der Waals surface area contributed by atoms with Crippen molar-refractivity contribution in [1.29, 1.82) is 0 Å². The first kappa shape index (κ1) is 17.4. The molecular formula is C22H19N3OS. The number of hydrogen-bond acceptors (Lipinski definition) is 3. The van der Waals surface area contributed by atoms with E-state index in [1.807, 2.05) is 48.5 Å². The maximum atomic E-state index is 12.7. The summed E-state index contributed by atoms with van der Waals surface area (Å²) in [6.45, 7) is 4.31. The highest BCUT2D eigenvalue weighted by Gasteiger charge is 2.28. The summed E-state index contributed by atoms with van der Waals surface area (Å²) in [5.74, 6) is 0.395. The van der Waals surface area contributed by atoms with Crippen molar-refractivity contribution >= 4 is 45.3 Å². The fraction of sp³-hybridized carbons (Fsp3) is 0.136. The number of ketones is 1. The number of nitrogens with zero attached hydrogens (tertiary/aromatic N) is 1. The van der Waals surface area contributed by atoms with Gasteiger partial charge in [-0.3, -0.25) is 10.2 Å². The van der Waals surface area contributed by atoms with Crippen LogP contribution in [0, 0.1) is 0 Å². The van der Waals surface area contributed by atoms with Crippen LogP contribution in [0.1, 0.15) is 41.3 Å². The first-order chi connectivity index (χ1) is 13.0. The normalized spacial score (nSPS) is 14.2. The van der Waals surface area contributed by atoms with Crippen molar-refractivity contribution in [2.24, 2.45) is 5.10 Å². The zero-order chi connectivity index (χ0) is 19.0. The third kappa shape index (κ3) is 3.22. The first-order valence-corrected chi connectivity index (χ1v) is 9.27. The molecule has 0 aliphatic heterocycles. The van der Waals surface area contributed by atoms with E-state index in [1.54, 1.807) is 0 Å². The van der Waals surface area contributed by atoms with Crippen LogP contribution < -0.4 is 10.7 Å². The lowest BCUT2D eigenvalue weighted by molar-refractivity contribution is 0.106. The Morgan fingerprint density at radius 3 is 2.30 bits per heavy atom. The van der Waals surface area contributed by atoms with Crippen LogP contribution in [0.5, 0.6) is 0 Å². The number of Topliss-reactive ketones (excluding diaryl/α,β-unsaturated/α-hetero) is 1. The van der Waals surface area contributed by atoms with Crippen LogP contribution in [0.3, 0.4) is 0 Å². The summed E-state index contributed by atoms with van der Waals surface area (Å²) in [6, 6.07) is 19.7. The topological polar surface area (TPSA) is 53.5 Å². The molecule has 0 spiro atoms. The van der Waals surface area contributed by atoms with E-state index >= 15 is 0 Å². The van der Waals surface area contributed by atoms with Gasteiger partial charge in [0.15, 0.2) is 5.11 Å². The average Bonchev–Trinajstić information content (AvgIpc) is 2.94. The Kier molecular flexibility index (Phi) is 4.46. The lowest BCUT2D eigenvalue weighted by atomic mass is 10.0. The van der Waals surface area contributed by atoms with Gasteiger partial charge in [-0.15, -0.1) is 0 Å². The highest BCUT2D eigenvalue weighted by molar-refractivity contribution is 7.80. The van der Waals surface area contributed by atoms with Gasteiger partial charge < -0.3 is 5.32 Å². The smallest absolute Gasteiger partial charge is 0.214 e.